The molecule has 0 atom stereocenters. The predicted molar refractivity (Wildman–Crippen MR) is 124 cm³/mol. The molecule has 7 nitrogen and oxygen atoms in total. The minimum atomic E-state index is -4.57. The molecule has 0 saturated carbocycles. The SMILES string of the molecule is Fc1ccc(CNc2cc(NCCCN3CCOCC3)nc(-c3cncc(C(F)(F)F)c3)n2)c(F)c1. The molecule has 0 aliphatic carbocycles. The van der Waals surface area contributed by atoms with Crippen molar-refractivity contribution in [3.05, 3.63) is 65.5 Å². The second-order valence-electron chi connectivity index (χ2n) is 8.25. The smallest absolute Gasteiger partial charge is 0.379 e. The lowest BCUT2D eigenvalue weighted by atomic mass is 10.2. The average Bonchev–Trinajstić information content (AvgIpc) is 2.86. The lowest BCUT2D eigenvalue weighted by Gasteiger charge is -2.26. The Labute approximate surface area is 204 Å². The number of anilines is 2. The molecule has 36 heavy (non-hydrogen) atoms. The van der Waals surface area contributed by atoms with Crippen molar-refractivity contribution in [2.75, 3.05) is 50.0 Å². The van der Waals surface area contributed by atoms with Crippen molar-refractivity contribution in [2.24, 2.45) is 0 Å². The minimum absolute atomic E-state index is 0.0140. The van der Waals surface area contributed by atoms with Crippen LogP contribution in [0.2, 0.25) is 0 Å². The highest BCUT2D eigenvalue weighted by Crippen LogP contribution is 2.31. The van der Waals surface area contributed by atoms with Crippen molar-refractivity contribution < 1.29 is 26.7 Å². The molecule has 3 heterocycles. The van der Waals surface area contributed by atoms with Crippen molar-refractivity contribution >= 4 is 11.6 Å². The standard InChI is InChI=1S/C24H25F5N6O/c25-19-3-2-16(20(26)11-19)14-32-22-12-21(31-4-1-5-35-6-8-36-9-7-35)33-23(34-22)17-10-18(15-30-13-17)24(27,28)29/h2-3,10-13,15H,1,4-9,14H2,(H2,31,32,33,34). The summed E-state index contributed by atoms with van der Waals surface area (Å²) < 4.78 is 72.2. The zero-order chi connectivity index (χ0) is 25.5. The van der Waals surface area contributed by atoms with E-state index >= 15 is 0 Å². The van der Waals surface area contributed by atoms with Crippen LogP contribution in [0.3, 0.4) is 0 Å². The quantitative estimate of drug-likeness (QED) is 0.324. The van der Waals surface area contributed by atoms with Gasteiger partial charge < -0.3 is 15.4 Å². The Hall–Kier alpha value is -3.38. The van der Waals surface area contributed by atoms with Crippen LogP contribution < -0.4 is 10.6 Å². The molecule has 1 aliphatic heterocycles. The zero-order valence-corrected chi connectivity index (χ0v) is 19.3. The van der Waals surface area contributed by atoms with Crippen LogP contribution in [0.25, 0.3) is 11.4 Å². The predicted octanol–water partition coefficient (Wildman–Crippen LogP) is 4.58. The summed E-state index contributed by atoms with van der Waals surface area (Å²) in [4.78, 5) is 14.6. The first-order valence-electron chi connectivity index (χ1n) is 11.4. The molecular weight excluding hydrogens is 483 g/mol. The number of nitrogens with one attached hydrogen (secondary N) is 2. The topological polar surface area (TPSA) is 75.2 Å². The summed E-state index contributed by atoms with van der Waals surface area (Å²) in [6, 6.07) is 5.73. The van der Waals surface area contributed by atoms with Crippen molar-refractivity contribution in [3.8, 4) is 11.4 Å². The summed E-state index contributed by atoms with van der Waals surface area (Å²) in [5, 5.41) is 6.12. The first-order valence-corrected chi connectivity index (χ1v) is 11.4. The van der Waals surface area contributed by atoms with Gasteiger partial charge in [-0.25, -0.2) is 18.7 Å². The number of benzene rings is 1. The van der Waals surface area contributed by atoms with Crippen LogP contribution in [0, 0.1) is 11.6 Å². The number of hydrogen-bond acceptors (Lipinski definition) is 7. The summed E-state index contributed by atoms with van der Waals surface area (Å²) in [6.07, 6.45) is -1.78. The summed E-state index contributed by atoms with van der Waals surface area (Å²) in [5.74, 6) is -0.742. The fourth-order valence-electron chi connectivity index (χ4n) is 3.67. The van der Waals surface area contributed by atoms with E-state index in [0.29, 0.717) is 25.6 Å². The highest BCUT2D eigenvalue weighted by atomic mass is 19.4. The zero-order valence-electron chi connectivity index (χ0n) is 19.3. The first-order chi connectivity index (χ1) is 17.3. The number of rotatable bonds is 9. The van der Waals surface area contributed by atoms with Gasteiger partial charge in [-0.05, 0) is 25.1 Å². The Kier molecular flexibility index (Phi) is 8.26. The molecule has 0 unspecified atom stereocenters. The Balaban J connectivity index is 1.52. The molecule has 3 aromatic rings. The van der Waals surface area contributed by atoms with Gasteiger partial charge in [0.25, 0.3) is 0 Å². The number of morpholine rings is 1. The third-order valence-electron chi connectivity index (χ3n) is 5.59. The monoisotopic (exact) mass is 508 g/mol. The van der Waals surface area contributed by atoms with E-state index in [9.17, 15) is 22.0 Å². The molecule has 0 radical (unpaired) electrons. The molecule has 12 heteroatoms. The molecule has 4 rings (SSSR count). The van der Waals surface area contributed by atoms with Crippen LogP contribution in [0.1, 0.15) is 17.5 Å². The fourth-order valence-corrected chi connectivity index (χ4v) is 3.67. The number of alkyl halides is 3. The minimum Gasteiger partial charge on any atom is -0.379 e. The van der Waals surface area contributed by atoms with E-state index in [-0.39, 0.29) is 29.3 Å². The van der Waals surface area contributed by atoms with Gasteiger partial charge in [-0.3, -0.25) is 9.88 Å². The van der Waals surface area contributed by atoms with Crippen molar-refractivity contribution in [3.63, 3.8) is 0 Å². The van der Waals surface area contributed by atoms with Gasteiger partial charge in [-0.1, -0.05) is 6.07 Å². The van der Waals surface area contributed by atoms with E-state index in [0.717, 1.165) is 50.5 Å². The Morgan fingerprint density at radius 3 is 2.42 bits per heavy atom. The number of aromatic nitrogens is 3. The molecule has 0 amide bonds. The number of halogens is 5. The van der Waals surface area contributed by atoms with E-state index in [1.807, 2.05) is 0 Å². The third-order valence-corrected chi connectivity index (χ3v) is 5.59. The highest BCUT2D eigenvalue weighted by Gasteiger charge is 2.31. The van der Waals surface area contributed by atoms with Crippen LogP contribution in [0.15, 0.2) is 42.7 Å². The molecule has 0 spiro atoms. The van der Waals surface area contributed by atoms with E-state index < -0.39 is 23.4 Å². The van der Waals surface area contributed by atoms with Crippen LogP contribution in [0.4, 0.5) is 33.6 Å². The summed E-state index contributed by atoms with van der Waals surface area (Å²) in [6.45, 7) is 4.57. The molecule has 0 bridgehead atoms. The summed E-state index contributed by atoms with van der Waals surface area (Å²) in [7, 11) is 0. The lowest BCUT2D eigenvalue weighted by Crippen LogP contribution is -2.37. The fraction of sp³-hybridized carbons (Fsp3) is 0.375. The molecule has 192 valence electrons. The van der Waals surface area contributed by atoms with E-state index in [1.54, 1.807) is 6.07 Å². The Morgan fingerprint density at radius 1 is 0.944 bits per heavy atom. The summed E-state index contributed by atoms with van der Waals surface area (Å²) in [5.41, 5.74) is -0.634. The molecule has 1 saturated heterocycles. The molecular formula is C24H25F5N6O. The van der Waals surface area contributed by atoms with Crippen molar-refractivity contribution in [2.45, 2.75) is 19.1 Å². The maximum atomic E-state index is 14.0. The van der Waals surface area contributed by atoms with Gasteiger partial charge in [0.15, 0.2) is 5.82 Å². The molecule has 1 aliphatic rings. The molecule has 1 aromatic carbocycles. The second-order valence-corrected chi connectivity index (χ2v) is 8.25. The maximum absolute atomic E-state index is 14.0. The normalized spacial score (nSPS) is 14.6. The average molecular weight is 508 g/mol. The second kappa shape index (κ2) is 11.6. The van der Waals surface area contributed by atoms with E-state index in [2.05, 4.69) is 30.5 Å². The number of pyridine rings is 1. The van der Waals surface area contributed by atoms with E-state index in [4.69, 9.17) is 4.74 Å². The van der Waals surface area contributed by atoms with Gasteiger partial charge in [0.05, 0.1) is 18.8 Å². The Bertz CT molecular complexity index is 1170. The van der Waals surface area contributed by atoms with Gasteiger partial charge >= 0.3 is 6.18 Å². The van der Waals surface area contributed by atoms with Gasteiger partial charge in [-0.15, -0.1) is 0 Å². The van der Waals surface area contributed by atoms with Gasteiger partial charge in [0, 0.05) is 61.8 Å². The van der Waals surface area contributed by atoms with Gasteiger partial charge in [0.1, 0.15) is 23.3 Å². The molecule has 1 fully saturated rings. The number of hydrogen-bond donors (Lipinski definition) is 2. The van der Waals surface area contributed by atoms with Crippen LogP contribution >= 0.6 is 0 Å². The number of nitrogens with zero attached hydrogens (tertiary/aromatic N) is 4. The van der Waals surface area contributed by atoms with Crippen LogP contribution in [-0.4, -0.2) is 59.2 Å². The van der Waals surface area contributed by atoms with Crippen LogP contribution in [-0.2, 0) is 17.5 Å². The number of ether oxygens (including phenoxy) is 1. The summed E-state index contributed by atoms with van der Waals surface area (Å²) >= 11 is 0. The van der Waals surface area contributed by atoms with Gasteiger partial charge in [-0.2, -0.15) is 13.2 Å². The Morgan fingerprint density at radius 2 is 1.69 bits per heavy atom. The molecule has 2 N–H and O–H groups in total. The van der Waals surface area contributed by atoms with E-state index in [1.165, 1.54) is 12.3 Å². The molecule has 2 aromatic heterocycles. The maximum Gasteiger partial charge on any atom is 0.417 e. The lowest BCUT2D eigenvalue weighted by molar-refractivity contribution is -0.137. The first kappa shape index (κ1) is 25.7. The largest absolute Gasteiger partial charge is 0.417 e. The van der Waals surface area contributed by atoms with Crippen molar-refractivity contribution in [1.29, 1.82) is 0 Å². The van der Waals surface area contributed by atoms with Crippen molar-refractivity contribution in [1.82, 2.24) is 19.9 Å². The highest BCUT2D eigenvalue weighted by molar-refractivity contribution is 5.61. The van der Waals surface area contributed by atoms with Gasteiger partial charge in [0.2, 0.25) is 0 Å². The third kappa shape index (κ3) is 7.08. The van der Waals surface area contributed by atoms with Crippen LogP contribution in [0.5, 0.6) is 0 Å².